The van der Waals surface area contributed by atoms with Crippen LogP contribution in [0.4, 0.5) is 0 Å². The number of likely N-dealkylation sites (N-methyl/N-ethyl adjacent to an activating group) is 1. The average molecular weight is 254 g/mol. The quantitative estimate of drug-likeness (QED) is 0.752. The van der Waals surface area contributed by atoms with Crippen LogP contribution in [0.25, 0.3) is 0 Å². The van der Waals surface area contributed by atoms with E-state index in [1.54, 1.807) is 27.0 Å². The van der Waals surface area contributed by atoms with Gasteiger partial charge in [0.25, 0.3) is 0 Å². The van der Waals surface area contributed by atoms with Gasteiger partial charge in [0.2, 0.25) is 5.91 Å². The van der Waals surface area contributed by atoms with Gasteiger partial charge in [-0.25, -0.2) is 4.79 Å². The van der Waals surface area contributed by atoms with E-state index in [4.69, 9.17) is 4.42 Å². The fourth-order valence-corrected chi connectivity index (χ4v) is 1.51. The van der Waals surface area contributed by atoms with E-state index in [-0.39, 0.29) is 11.9 Å². The molecule has 1 rings (SSSR count). The fraction of sp³-hybridized carbons (Fsp3) is 0.500. The third kappa shape index (κ3) is 3.33. The van der Waals surface area contributed by atoms with Crippen molar-refractivity contribution in [2.24, 2.45) is 0 Å². The summed E-state index contributed by atoms with van der Waals surface area (Å²) < 4.78 is 10.0. The Hall–Kier alpha value is -1.82. The molecule has 0 saturated heterocycles. The summed E-state index contributed by atoms with van der Waals surface area (Å²) >= 11 is 0. The van der Waals surface area contributed by atoms with E-state index in [9.17, 15) is 9.59 Å². The molecule has 0 aliphatic carbocycles. The Bertz CT molecular complexity index is 439. The second-order valence-corrected chi connectivity index (χ2v) is 3.89. The molecule has 6 nitrogen and oxygen atoms in total. The van der Waals surface area contributed by atoms with Crippen LogP contribution in [0.15, 0.2) is 10.5 Å². The van der Waals surface area contributed by atoms with Crippen LogP contribution in [0.1, 0.15) is 28.8 Å². The van der Waals surface area contributed by atoms with Gasteiger partial charge in [-0.3, -0.25) is 10.1 Å². The summed E-state index contributed by atoms with van der Waals surface area (Å²) in [7, 11) is 2.90. The van der Waals surface area contributed by atoms with Gasteiger partial charge >= 0.3 is 5.97 Å². The standard InChI is InChI=1S/C12H18N2O4/c1-7(11(15)13-3)14-6-9-5-10(8(2)18-9)12(16)17-4/h5,7,14H,6H2,1-4H3,(H,13,15). The van der Waals surface area contributed by atoms with Gasteiger partial charge in [0.05, 0.1) is 19.7 Å². The van der Waals surface area contributed by atoms with Gasteiger partial charge in [0.15, 0.2) is 0 Å². The highest BCUT2D eigenvalue weighted by atomic mass is 16.5. The van der Waals surface area contributed by atoms with Crippen molar-refractivity contribution in [2.75, 3.05) is 14.2 Å². The van der Waals surface area contributed by atoms with E-state index in [1.165, 1.54) is 7.11 Å². The molecule has 0 bridgehead atoms. The zero-order valence-corrected chi connectivity index (χ0v) is 11.0. The highest BCUT2D eigenvalue weighted by Crippen LogP contribution is 2.15. The molecule has 1 unspecified atom stereocenters. The maximum absolute atomic E-state index is 11.4. The second-order valence-electron chi connectivity index (χ2n) is 3.89. The maximum atomic E-state index is 11.4. The smallest absolute Gasteiger partial charge is 0.341 e. The van der Waals surface area contributed by atoms with Gasteiger partial charge in [-0.15, -0.1) is 0 Å². The Balaban J connectivity index is 2.64. The number of amides is 1. The van der Waals surface area contributed by atoms with E-state index in [1.807, 2.05) is 0 Å². The van der Waals surface area contributed by atoms with Crippen LogP contribution >= 0.6 is 0 Å². The van der Waals surface area contributed by atoms with Crippen molar-refractivity contribution >= 4 is 11.9 Å². The van der Waals surface area contributed by atoms with Crippen molar-refractivity contribution in [3.05, 3.63) is 23.2 Å². The van der Waals surface area contributed by atoms with Gasteiger partial charge in [-0.1, -0.05) is 0 Å². The van der Waals surface area contributed by atoms with Crippen LogP contribution < -0.4 is 10.6 Å². The molecule has 100 valence electrons. The van der Waals surface area contributed by atoms with E-state index >= 15 is 0 Å². The lowest BCUT2D eigenvalue weighted by Gasteiger charge is -2.10. The first kappa shape index (κ1) is 14.2. The van der Waals surface area contributed by atoms with Crippen molar-refractivity contribution in [2.45, 2.75) is 26.4 Å². The molecule has 1 aromatic rings. The molecule has 1 heterocycles. The molecule has 1 aromatic heterocycles. The summed E-state index contributed by atoms with van der Waals surface area (Å²) in [5.74, 6) is 0.559. The number of aryl methyl sites for hydroxylation is 1. The summed E-state index contributed by atoms with van der Waals surface area (Å²) in [5, 5.41) is 5.53. The molecule has 18 heavy (non-hydrogen) atoms. The van der Waals surface area contributed by atoms with Crippen molar-refractivity contribution in [3.8, 4) is 0 Å². The van der Waals surface area contributed by atoms with Gasteiger partial charge in [0.1, 0.15) is 17.1 Å². The highest BCUT2D eigenvalue weighted by molar-refractivity contribution is 5.90. The summed E-state index contributed by atoms with van der Waals surface area (Å²) in [6, 6.07) is 1.28. The average Bonchev–Trinajstić information content (AvgIpc) is 2.75. The molecule has 0 spiro atoms. The van der Waals surface area contributed by atoms with Crippen molar-refractivity contribution < 1.29 is 18.7 Å². The number of ether oxygens (including phenoxy) is 1. The first-order valence-electron chi connectivity index (χ1n) is 5.62. The Morgan fingerprint density at radius 2 is 2.17 bits per heavy atom. The Kier molecular flexibility index (Phi) is 4.91. The number of methoxy groups -OCH3 is 1. The predicted molar refractivity (Wildman–Crippen MR) is 65.2 cm³/mol. The first-order valence-corrected chi connectivity index (χ1v) is 5.62. The van der Waals surface area contributed by atoms with E-state index in [2.05, 4.69) is 15.4 Å². The third-order valence-electron chi connectivity index (χ3n) is 2.60. The van der Waals surface area contributed by atoms with E-state index < -0.39 is 5.97 Å². The van der Waals surface area contributed by atoms with Crippen LogP contribution in [-0.4, -0.2) is 32.1 Å². The summed E-state index contributed by atoms with van der Waals surface area (Å²) in [5.41, 5.74) is 0.405. The minimum atomic E-state index is -0.429. The van der Waals surface area contributed by atoms with Crippen LogP contribution in [-0.2, 0) is 16.1 Å². The maximum Gasteiger partial charge on any atom is 0.341 e. The molecule has 0 radical (unpaired) electrons. The third-order valence-corrected chi connectivity index (χ3v) is 2.60. The fourth-order valence-electron chi connectivity index (χ4n) is 1.51. The molecule has 0 aliphatic rings. The number of carbonyl (C=O) groups excluding carboxylic acids is 2. The molecule has 6 heteroatoms. The van der Waals surface area contributed by atoms with Gasteiger partial charge in [0, 0.05) is 7.05 Å². The van der Waals surface area contributed by atoms with Gasteiger partial charge in [-0.2, -0.15) is 0 Å². The predicted octanol–water partition coefficient (Wildman–Crippen LogP) is 0.599. The molecular formula is C12H18N2O4. The summed E-state index contributed by atoms with van der Waals surface area (Å²) in [6.07, 6.45) is 0. The lowest BCUT2D eigenvalue weighted by atomic mass is 10.2. The SMILES string of the molecule is CNC(=O)C(C)NCc1cc(C(=O)OC)c(C)o1. The minimum absolute atomic E-state index is 0.105. The van der Waals surface area contributed by atoms with Crippen molar-refractivity contribution in [1.82, 2.24) is 10.6 Å². The molecule has 2 N–H and O–H groups in total. The second kappa shape index (κ2) is 6.20. The van der Waals surface area contributed by atoms with Crippen molar-refractivity contribution in [1.29, 1.82) is 0 Å². The zero-order chi connectivity index (χ0) is 13.7. The molecule has 1 atom stereocenters. The number of hydrogen-bond acceptors (Lipinski definition) is 5. The lowest BCUT2D eigenvalue weighted by molar-refractivity contribution is -0.122. The normalized spacial score (nSPS) is 12.0. The van der Waals surface area contributed by atoms with Crippen molar-refractivity contribution in [3.63, 3.8) is 0 Å². The number of hydrogen-bond donors (Lipinski definition) is 2. The molecule has 0 saturated carbocycles. The van der Waals surface area contributed by atoms with Gasteiger partial charge < -0.3 is 14.5 Å². The molecule has 0 fully saturated rings. The minimum Gasteiger partial charge on any atom is -0.465 e. The van der Waals surface area contributed by atoms with Crippen LogP contribution in [0.3, 0.4) is 0 Å². The van der Waals surface area contributed by atoms with E-state index in [0.717, 1.165) is 0 Å². The van der Waals surface area contributed by atoms with E-state index in [0.29, 0.717) is 23.6 Å². The largest absolute Gasteiger partial charge is 0.465 e. The topological polar surface area (TPSA) is 80.6 Å². The Morgan fingerprint density at radius 3 is 2.72 bits per heavy atom. The highest BCUT2D eigenvalue weighted by Gasteiger charge is 2.16. The molecular weight excluding hydrogens is 236 g/mol. The number of esters is 1. The monoisotopic (exact) mass is 254 g/mol. The number of nitrogens with one attached hydrogen (secondary N) is 2. The molecule has 0 aromatic carbocycles. The van der Waals surface area contributed by atoms with Crippen LogP contribution in [0.2, 0.25) is 0 Å². The number of furan rings is 1. The summed E-state index contributed by atoms with van der Waals surface area (Å²) in [6.45, 7) is 3.81. The molecule has 0 aliphatic heterocycles. The van der Waals surface area contributed by atoms with Crippen LogP contribution in [0.5, 0.6) is 0 Å². The zero-order valence-electron chi connectivity index (χ0n) is 11.0. The number of rotatable bonds is 5. The number of carbonyl (C=O) groups is 2. The first-order chi connectivity index (χ1) is 8.49. The van der Waals surface area contributed by atoms with Crippen LogP contribution in [0, 0.1) is 6.92 Å². The summed E-state index contributed by atoms with van der Waals surface area (Å²) in [4.78, 5) is 22.7. The molecule has 1 amide bonds. The van der Waals surface area contributed by atoms with Gasteiger partial charge in [-0.05, 0) is 19.9 Å². The lowest BCUT2D eigenvalue weighted by Crippen LogP contribution is -2.40. The Morgan fingerprint density at radius 1 is 1.50 bits per heavy atom. The Labute approximate surface area is 106 Å².